The second-order valence-corrected chi connectivity index (χ2v) is 4.43. The first kappa shape index (κ1) is 12.2. The van der Waals surface area contributed by atoms with Crippen LogP contribution in [-0.4, -0.2) is 12.6 Å². The highest BCUT2D eigenvalue weighted by molar-refractivity contribution is 5.14. The molecule has 0 aliphatic heterocycles. The highest BCUT2D eigenvalue weighted by Gasteiger charge is 2.07. The average molecular weight is 206 g/mol. The van der Waals surface area contributed by atoms with Crippen LogP contribution in [0.3, 0.4) is 0 Å². The number of rotatable bonds is 6. The van der Waals surface area contributed by atoms with Gasteiger partial charge in [0.25, 0.3) is 0 Å². The van der Waals surface area contributed by atoms with Crippen LogP contribution in [0.4, 0.5) is 0 Å². The summed E-state index contributed by atoms with van der Waals surface area (Å²) in [7, 11) is 0. The molecule has 0 aliphatic rings. The smallest absolute Gasteiger partial charge is 0.0208 e. The summed E-state index contributed by atoms with van der Waals surface area (Å²) < 4.78 is 0. The van der Waals surface area contributed by atoms with Gasteiger partial charge < -0.3 is 11.1 Å². The molecular formula is C13H22N2. The van der Waals surface area contributed by atoms with E-state index < -0.39 is 0 Å². The molecule has 0 radical (unpaired) electrons. The molecule has 1 rings (SSSR count). The number of hydrogen-bond donors (Lipinski definition) is 2. The van der Waals surface area contributed by atoms with Crippen molar-refractivity contribution in [2.75, 3.05) is 6.54 Å². The van der Waals surface area contributed by atoms with Gasteiger partial charge in [-0.3, -0.25) is 0 Å². The third-order valence-corrected chi connectivity index (χ3v) is 2.48. The maximum atomic E-state index is 5.72. The number of nitrogens with two attached hydrogens (primary N) is 1. The van der Waals surface area contributed by atoms with E-state index in [2.05, 4.69) is 43.4 Å². The van der Waals surface area contributed by atoms with E-state index in [-0.39, 0.29) is 0 Å². The van der Waals surface area contributed by atoms with Crippen molar-refractivity contribution in [1.29, 1.82) is 0 Å². The van der Waals surface area contributed by atoms with E-state index >= 15 is 0 Å². The minimum atomic E-state index is 0.435. The quantitative estimate of drug-likeness (QED) is 0.748. The summed E-state index contributed by atoms with van der Waals surface area (Å²) in [4.78, 5) is 0. The van der Waals surface area contributed by atoms with Gasteiger partial charge in [0.2, 0.25) is 0 Å². The molecule has 1 unspecified atom stereocenters. The van der Waals surface area contributed by atoms with Gasteiger partial charge in [-0.25, -0.2) is 0 Å². The van der Waals surface area contributed by atoms with Crippen LogP contribution in [0.5, 0.6) is 0 Å². The van der Waals surface area contributed by atoms with Crippen molar-refractivity contribution in [3.8, 4) is 0 Å². The van der Waals surface area contributed by atoms with Crippen LogP contribution in [0.25, 0.3) is 0 Å². The zero-order valence-corrected chi connectivity index (χ0v) is 9.74. The standard InChI is InChI=1S/C13H22N2/c1-11(2)8-13(9-14)15-10-12-6-4-3-5-7-12/h3-7,11,13,15H,8-10,14H2,1-2H3. The molecule has 0 aromatic heterocycles. The summed E-state index contributed by atoms with van der Waals surface area (Å²) in [5, 5.41) is 3.49. The first-order valence-electron chi connectivity index (χ1n) is 5.69. The first-order chi connectivity index (χ1) is 7.22. The van der Waals surface area contributed by atoms with Crippen LogP contribution in [0, 0.1) is 5.92 Å². The largest absolute Gasteiger partial charge is 0.329 e. The second-order valence-electron chi connectivity index (χ2n) is 4.43. The van der Waals surface area contributed by atoms with Crippen LogP contribution in [0.1, 0.15) is 25.8 Å². The Kier molecular flexibility index (Phi) is 5.37. The van der Waals surface area contributed by atoms with Crippen LogP contribution in [0.15, 0.2) is 30.3 Å². The van der Waals surface area contributed by atoms with Crippen molar-refractivity contribution < 1.29 is 0 Å². The van der Waals surface area contributed by atoms with Crippen LogP contribution in [-0.2, 0) is 6.54 Å². The van der Waals surface area contributed by atoms with Crippen molar-refractivity contribution in [3.05, 3.63) is 35.9 Å². The Morgan fingerprint density at radius 2 is 1.87 bits per heavy atom. The zero-order valence-electron chi connectivity index (χ0n) is 9.74. The van der Waals surface area contributed by atoms with Gasteiger partial charge in [0, 0.05) is 19.1 Å². The van der Waals surface area contributed by atoms with Gasteiger partial charge in [0.15, 0.2) is 0 Å². The lowest BCUT2D eigenvalue weighted by atomic mass is 10.0. The lowest BCUT2D eigenvalue weighted by Gasteiger charge is -2.18. The molecule has 2 heteroatoms. The molecule has 15 heavy (non-hydrogen) atoms. The third-order valence-electron chi connectivity index (χ3n) is 2.48. The highest BCUT2D eigenvalue weighted by Crippen LogP contribution is 2.05. The van der Waals surface area contributed by atoms with Crippen molar-refractivity contribution in [3.63, 3.8) is 0 Å². The number of hydrogen-bond acceptors (Lipinski definition) is 2. The average Bonchev–Trinajstić information content (AvgIpc) is 2.25. The minimum absolute atomic E-state index is 0.435. The van der Waals surface area contributed by atoms with E-state index in [1.165, 1.54) is 5.56 Å². The molecule has 0 saturated carbocycles. The van der Waals surface area contributed by atoms with Gasteiger partial charge in [0.05, 0.1) is 0 Å². The van der Waals surface area contributed by atoms with E-state index in [4.69, 9.17) is 5.73 Å². The molecule has 1 atom stereocenters. The van der Waals surface area contributed by atoms with Crippen LogP contribution >= 0.6 is 0 Å². The Morgan fingerprint density at radius 1 is 1.20 bits per heavy atom. The third kappa shape index (κ3) is 4.96. The van der Waals surface area contributed by atoms with E-state index in [9.17, 15) is 0 Å². The Balaban J connectivity index is 2.34. The Morgan fingerprint density at radius 3 is 2.40 bits per heavy atom. The lowest BCUT2D eigenvalue weighted by Crippen LogP contribution is -2.36. The number of benzene rings is 1. The van der Waals surface area contributed by atoms with Gasteiger partial charge in [-0.1, -0.05) is 44.2 Å². The summed E-state index contributed by atoms with van der Waals surface area (Å²) in [6, 6.07) is 10.9. The molecule has 2 nitrogen and oxygen atoms in total. The highest BCUT2D eigenvalue weighted by atomic mass is 14.9. The molecule has 1 aromatic rings. The Hall–Kier alpha value is -0.860. The summed E-state index contributed by atoms with van der Waals surface area (Å²) in [6.45, 7) is 6.08. The van der Waals surface area contributed by atoms with E-state index in [0.29, 0.717) is 18.5 Å². The fraction of sp³-hybridized carbons (Fsp3) is 0.538. The van der Waals surface area contributed by atoms with E-state index in [1.807, 2.05) is 6.07 Å². The molecular weight excluding hydrogens is 184 g/mol. The van der Waals surface area contributed by atoms with Crippen molar-refractivity contribution in [1.82, 2.24) is 5.32 Å². The van der Waals surface area contributed by atoms with Crippen molar-refractivity contribution >= 4 is 0 Å². The van der Waals surface area contributed by atoms with Gasteiger partial charge in [-0.15, -0.1) is 0 Å². The molecule has 0 heterocycles. The molecule has 0 spiro atoms. The predicted molar refractivity (Wildman–Crippen MR) is 65.6 cm³/mol. The lowest BCUT2D eigenvalue weighted by molar-refractivity contribution is 0.423. The maximum absolute atomic E-state index is 5.72. The van der Waals surface area contributed by atoms with Crippen molar-refractivity contribution in [2.45, 2.75) is 32.9 Å². The van der Waals surface area contributed by atoms with Gasteiger partial charge >= 0.3 is 0 Å². The molecule has 0 amide bonds. The van der Waals surface area contributed by atoms with Crippen molar-refractivity contribution in [2.24, 2.45) is 11.7 Å². The predicted octanol–water partition coefficient (Wildman–Crippen LogP) is 2.15. The molecule has 84 valence electrons. The molecule has 0 fully saturated rings. The van der Waals surface area contributed by atoms with Gasteiger partial charge in [0.1, 0.15) is 0 Å². The minimum Gasteiger partial charge on any atom is -0.329 e. The Bertz CT molecular complexity index is 256. The van der Waals surface area contributed by atoms with E-state index in [1.54, 1.807) is 0 Å². The summed E-state index contributed by atoms with van der Waals surface area (Å²) >= 11 is 0. The molecule has 0 aliphatic carbocycles. The van der Waals surface area contributed by atoms with E-state index in [0.717, 1.165) is 13.0 Å². The summed E-state index contributed by atoms with van der Waals surface area (Å²) in [5.74, 6) is 0.696. The summed E-state index contributed by atoms with van der Waals surface area (Å²) in [5.41, 5.74) is 7.04. The molecule has 3 N–H and O–H groups in total. The molecule has 1 aromatic carbocycles. The van der Waals surface area contributed by atoms with Crippen LogP contribution in [0.2, 0.25) is 0 Å². The summed E-state index contributed by atoms with van der Waals surface area (Å²) in [6.07, 6.45) is 1.14. The second kappa shape index (κ2) is 6.59. The zero-order chi connectivity index (χ0) is 11.1. The fourth-order valence-electron chi connectivity index (χ4n) is 1.69. The Labute approximate surface area is 92.9 Å². The monoisotopic (exact) mass is 206 g/mol. The maximum Gasteiger partial charge on any atom is 0.0208 e. The fourth-order valence-corrected chi connectivity index (χ4v) is 1.69. The molecule has 0 bridgehead atoms. The van der Waals surface area contributed by atoms with Crippen LogP contribution < -0.4 is 11.1 Å². The molecule has 0 saturated heterocycles. The normalized spacial score (nSPS) is 13.1. The topological polar surface area (TPSA) is 38.0 Å². The number of nitrogens with one attached hydrogen (secondary N) is 1. The SMILES string of the molecule is CC(C)CC(CN)NCc1ccccc1. The first-order valence-corrected chi connectivity index (χ1v) is 5.69. The van der Waals surface area contributed by atoms with Gasteiger partial charge in [-0.2, -0.15) is 0 Å². The van der Waals surface area contributed by atoms with Gasteiger partial charge in [-0.05, 0) is 17.9 Å².